The molecule has 0 fully saturated rings. The second-order valence-corrected chi connectivity index (χ2v) is 4.95. The molecule has 0 spiro atoms. The number of furan rings is 1. The number of carbonyl (C=O) groups is 1. The Morgan fingerprint density at radius 1 is 1.09 bits per heavy atom. The van der Waals surface area contributed by atoms with Gasteiger partial charge in [0.05, 0.1) is 6.26 Å². The highest BCUT2D eigenvalue weighted by atomic mass is 16.3. The first-order valence-corrected chi connectivity index (χ1v) is 7.31. The molecule has 3 rings (SSSR count). The molecular weight excluding hydrogens is 288 g/mol. The van der Waals surface area contributed by atoms with Crippen molar-refractivity contribution in [2.75, 3.05) is 0 Å². The minimum absolute atomic E-state index is 0.150. The molecule has 0 bridgehead atoms. The molecule has 0 unspecified atom stereocenters. The summed E-state index contributed by atoms with van der Waals surface area (Å²) in [5.41, 5.74) is 2.63. The van der Waals surface area contributed by atoms with E-state index in [1.54, 1.807) is 18.5 Å². The Hall–Kier alpha value is -3.14. The molecule has 2 heterocycles. The molecule has 1 N–H and O–H groups in total. The summed E-state index contributed by atoms with van der Waals surface area (Å²) in [6.07, 6.45) is 6.62. The summed E-state index contributed by atoms with van der Waals surface area (Å²) in [6, 6.07) is 17.1. The molecule has 0 aliphatic rings. The second-order valence-electron chi connectivity index (χ2n) is 4.95. The predicted octanol–water partition coefficient (Wildman–Crippen LogP) is 3.67. The maximum Gasteiger partial charge on any atom is 0.244 e. The number of amides is 1. The van der Waals surface area contributed by atoms with Crippen LogP contribution in [-0.4, -0.2) is 10.9 Å². The zero-order valence-electron chi connectivity index (χ0n) is 12.5. The van der Waals surface area contributed by atoms with Gasteiger partial charge in [0.1, 0.15) is 5.69 Å². The Labute approximate surface area is 134 Å². The third kappa shape index (κ3) is 3.95. The van der Waals surface area contributed by atoms with E-state index < -0.39 is 0 Å². The summed E-state index contributed by atoms with van der Waals surface area (Å²) in [5, 5.41) is 2.86. The van der Waals surface area contributed by atoms with E-state index in [1.807, 2.05) is 54.6 Å². The smallest absolute Gasteiger partial charge is 0.244 e. The van der Waals surface area contributed by atoms with Crippen LogP contribution in [0.15, 0.2) is 77.6 Å². The minimum atomic E-state index is -0.150. The van der Waals surface area contributed by atoms with E-state index in [0.29, 0.717) is 12.3 Å². The fourth-order valence-corrected chi connectivity index (χ4v) is 2.19. The van der Waals surface area contributed by atoms with Gasteiger partial charge in [-0.2, -0.15) is 0 Å². The van der Waals surface area contributed by atoms with Gasteiger partial charge in [-0.15, -0.1) is 0 Å². The van der Waals surface area contributed by atoms with Crippen molar-refractivity contribution >= 4 is 12.0 Å². The van der Waals surface area contributed by atoms with Gasteiger partial charge in [-0.25, -0.2) is 0 Å². The number of nitrogens with one attached hydrogen (secondary N) is 1. The molecule has 0 radical (unpaired) electrons. The molecule has 0 atom stereocenters. The zero-order valence-corrected chi connectivity index (χ0v) is 12.5. The van der Waals surface area contributed by atoms with Gasteiger partial charge < -0.3 is 9.73 Å². The molecule has 0 saturated carbocycles. The molecule has 1 amide bonds. The topological polar surface area (TPSA) is 55.1 Å². The standard InChI is InChI=1S/C19H16N2O2/c22-18(11-10-15-6-2-1-3-7-15)21-14-16-8-4-12-20-19(16)17-9-5-13-23-17/h1-13H,14H2,(H,21,22)/b11-10+. The van der Waals surface area contributed by atoms with Crippen LogP contribution in [0.25, 0.3) is 17.5 Å². The van der Waals surface area contributed by atoms with E-state index in [4.69, 9.17) is 4.42 Å². The summed E-state index contributed by atoms with van der Waals surface area (Å²) >= 11 is 0. The third-order valence-corrected chi connectivity index (χ3v) is 3.33. The summed E-state index contributed by atoms with van der Waals surface area (Å²) in [7, 11) is 0. The van der Waals surface area contributed by atoms with Gasteiger partial charge in [-0.1, -0.05) is 36.4 Å². The molecule has 1 aromatic carbocycles. The molecule has 0 aliphatic heterocycles. The van der Waals surface area contributed by atoms with Crippen LogP contribution in [0.1, 0.15) is 11.1 Å². The number of hydrogen-bond acceptors (Lipinski definition) is 3. The number of nitrogens with zero attached hydrogens (tertiary/aromatic N) is 1. The first-order chi connectivity index (χ1) is 11.3. The summed E-state index contributed by atoms with van der Waals surface area (Å²) in [4.78, 5) is 16.3. The van der Waals surface area contributed by atoms with Crippen LogP contribution in [0.2, 0.25) is 0 Å². The maximum atomic E-state index is 11.9. The van der Waals surface area contributed by atoms with Gasteiger partial charge >= 0.3 is 0 Å². The average Bonchev–Trinajstić information content (AvgIpc) is 3.14. The highest BCUT2D eigenvalue weighted by Gasteiger charge is 2.09. The summed E-state index contributed by atoms with van der Waals surface area (Å²) in [6.45, 7) is 0.391. The van der Waals surface area contributed by atoms with Crippen LogP contribution >= 0.6 is 0 Å². The van der Waals surface area contributed by atoms with Crippen molar-refractivity contribution in [3.8, 4) is 11.5 Å². The van der Waals surface area contributed by atoms with E-state index in [2.05, 4.69) is 10.3 Å². The highest BCUT2D eigenvalue weighted by molar-refractivity contribution is 5.91. The maximum absolute atomic E-state index is 11.9. The van der Waals surface area contributed by atoms with E-state index >= 15 is 0 Å². The van der Waals surface area contributed by atoms with Crippen LogP contribution in [0.4, 0.5) is 0 Å². The predicted molar refractivity (Wildman–Crippen MR) is 89.3 cm³/mol. The van der Waals surface area contributed by atoms with Crippen molar-refractivity contribution in [2.45, 2.75) is 6.54 Å². The fraction of sp³-hybridized carbons (Fsp3) is 0.0526. The lowest BCUT2D eigenvalue weighted by atomic mass is 10.1. The van der Waals surface area contributed by atoms with Crippen LogP contribution < -0.4 is 5.32 Å². The highest BCUT2D eigenvalue weighted by Crippen LogP contribution is 2.21. The third-order valence-electron chi connectivity index (χ3n) is 3.33. The van der Waals surface area contributed by atoms with Gasteiger partial charge in [-0.3, -0.25) is 9.78 Å². The summed E-state index contributed by atoms with van der Waals surface area (Å²) < 4.78 is 5.38. The van der Waals surface area contributed by atoms with Crippen LogP contribution in [-0.2, 0) is 11.3 Å². The number of hydrogen-bond donors (Lipinski definition) is 1. The van der Waals surface area contributed by atoms with E-state index in [0.717, 1.165) is 16.8 Å². The molecule has 114 valence electrons. The lowest BCUT2D eigenvalue weighted by Crippen LogP contribution is -2.20. The monoisotopic (exact) mass is 304 g/mol. The molecule has 0 aliphatic carbocycles. The number of carbonyl (C=O) groups excluding carboxylic acids is 1. The molecule has 23 heavy (non-hydrogen) atoms. The lowest BCUT2D eigenvalue weighted by molar-refractivity contribution is -0.116. The van der Waals surface area contributed by atoms with E-state index in [-0.39, 0.29) is 5.91 Å². The molecule has 3 aromatic rings. The van der Waals surface area contributed by atoms with Crippen LogP contribution in [0.3, 0.4) is 0 Å². The van der Waals surface area contributed by atoms with Crippen molar-refractivity contribution in [3.63, 3.8) is 0 Å². The van der Waals surface area contributed by atoms with Crippen LogP contribution in [0, 0.1) is 0 Å². The second kappa shape index (κ2) is 7.22. The van der Waals surface area contributed by atoms with Gasteiger partial charge in [0.25, 0.3) is 0 Å². The number of aromatic nitrogens is 1. The van der Waals surface area contributed by atoms with Gasteiger partial charge in [-0.05, 0) is 29.8 Å². The first kappa shape index (κ1) is 14.8. The van der Waals surface area contributed by atoms with E-state index in [9.17, 15) is 4.79 Å². The first-order valence-electron chi connectivity index (χ1n) is 7.31. The average molecular weight is 304 g/mol. The Bertz CT molecular complexity index is 793. The lowest BCUT2D eigenvalue weighted by Gasteiger charge is -2.06. The zero-order chi connectivity index (χ0) is 15.9. The Morgan fingerprint density at radius 3 is 2.74 bits per heavy atom. The SMILES string of the molecule is O=C(/C=C/c1ccccc1)NCc1cccnc1-c1ccco1. The number of benzene rings is 1. The van der Waals surface area contributed by atoms with Crippen molar-refractivity contribution in [1.82, 2.24) is 10.3 Å². The molecule has 0 saturated heterocycles. The quantitative estimate of drug-likeness (QED) is 0.732. The number of pyridine rings is 1. The van der Waals surface area contributed by atoms with Crippen molar-refractivity contribution < 1.29 is 9.21 Å². The van der Waals surface area contributed by atoms with E-state index in [1.165, 1.54) is 6.08 Å². The Balaban J connectivity index is 1.65. The Kier molecular flexibility index (Phi) is 4.64. The number of rotatable bonds is 5. The van der Waals surface area contributed by atoms with Crippen molar-refractivity contribution in [2.24, 2.45) is 0 Å². The molecule has 4 heteroatoms. The van der Waals surface area contributed by atoms with Gasteiger partial charge in [0.2, 0.25) is 5.91 Å². The normalized spacial score (nSPS) is 10.8. The fourth-order valence-electron chi connectivity index (χ4n) is 2.19. The van der Waals surface area contributed by atoms with Crippen molar-refractivity contribution in [3.05, 3.63) is 84.3 Å². The van der Waals surface area contributed by atoms with Gasteiger partial charge in [0, 0.05) is 24.4 Å². The molecular formula is C19H16N2O2. The van der Waals surface area contributed by atoms with Gasteiger partial charge in [0.15, 0.2) is 5.76 Å². The molecule has 4 nitrogen and oxygen atoms in total. The Morgan fingerprint density at radius 2 is 1.96 bits per heavy atom. The minimum Gasteiger partial charge on any atom is -0.463 e. The van der Waals surface area contributed by atoms with Crippen LogP contribution in [0.5, 0.6) is 0 Å². The summed E-state index contributed by atoms with van der Waals surface area (Å²) in [5.74, 6) is 0.540. The molecule has 2 aromatic heterocycles. The largest absolute Gasteiger partial charge is 0.463 e. The van der Waals surface area contributed by atoms with Crippen molar-refractivity contribution in [1.29, 1.82) is 0 Å².